The number of benzene rings is 2. The lowest BCUT2D eigenvalue weighted by Gasteiger charge is -2.39. The molecule has 24 heavy (non-hydrogen) atoms. The molecule has 1 fully saturated rings. The zero-order chi connectivity index (χ0) is 16.8. The van der Waals surface area contributed by atoms with E-state index in [1.54, 1.807) is 0 Å². The number of nitrogens with one attached hydrogen (secondary N) is 1. The van der Waals surface area contributed by atoms with E-state index in [1.165, 1.54) is 12.1 Å². The first-order valence-electron chi connectivity index (χ1n) is 8.15. The van der Waals surface area contributed by atoms with Gasteiger partial charge in [-0.15, -0.1) is 0 Å². The third-order valence-corrected chi connectivity index (χ3v) is 4.87. The van der Waals surface area contributed by atoms with Crippen molar-refractivity contribution in [2.45, 2.75) is 18.4 Å². The average molecular weight is 394 g/mol. The zero-order valence-corrected chi connectivity index (χ0v) is 15.0. The van der Waals surface area contributed by atoms with Gasteiger partial charge in [0.15, 0.2) is 0 Å². The van der Waals surface area contributed by atoms with Crippen molar-refractivity contribution in [1.29, 1.82) is 0 Å². The molecule has 0 spiro atoms. The van der Waals surface area contributed by atoms with E-state index in [1.807, 2.05) is 36.4 Å². The van der Waals surface area contributed by atoms with Gasteiger partial charge in [0.1, 0.15) is 18.2 Å². The molecule has 0 atom stereocenters. The van der Waals surface area contributed by atoms with Gasteiger partial charge in [0.2, 0.25) is 0 Å². The summed E-state index contributed by atoms with van der Waals surface area (Å²) in [6.07, 6.45) is 1.74. The Morgan fingerprint density at radius 3 is 2.58 bits per heavy atom. The molecule has 0 amide bonds. The summed E-state index contributed by atoms with van der Waals surface area (Å²) in [5.74, 6) is 0.632. The molecule has 1 aliphatic rings. The van der Waals surface area contributed by atoms with E-state index in [0.717, 1.165) is 28.6 Å². The van der Waals surface area contributed by atoms with Crippen LogP contribution >= 0.6 is 15.9 Å². The number of hydrogen-bond donors (Lipinski definition) is 1. The maximum absolute atomic E-state index is 13.2. The van der Waals surface area contributed by atoms with Gasteiger partial charge in [-0.25, -0.2) is 4.39 Å². The molecule has 0 bridgehead atoms. The highest BCUT2D eigenvalue weighted by Crippen LogP contribution is 2.32. The Morgan fingerprint density at radius 2 is 1.88 bits per heavy atom. The van der Waals surface area contributed by atoms with Crippen molar-refractivity contribution in [3.05, 3.63) is 64.4 Å². The predicted molar refractivity (Wildman–Crippen MR) is 95.8 cm³/mol. The first-order chi connectivity index (χ1) is 11.7. The molecule has 5 heteroatoms. The first kappa shape index (κ1) is 17.4. The van der Waals surface area contributed by atoms with Gasteiger partial charge in [-0.3, -0.25) is 0 Å². The monoisotopic (exact) mass is 393 g/mol. The summed E-state index contributed by atoms with van der Waals surface area (Å²) in [5, 5.41) is 3.62. The fourth-order valence-electron chi connectivity index (χ4n) is 3.07. The van der Waals surface area contributed by atoms with Crippen LogP contribution in [0, 0.1) is 5.82 Å². The molecule has 1 N–H and O–H groups in total. The van der Waals surface area contributed by atoms with E-state index in [0.29, 0.717) is 26.4 Å². The van der Waals surface area contributed by atoms with E-state index in [4.69, 9.17) is 9.47 Å². The Labute approximate surface area is 150 Å². The fourth-order valence-corrected chi connectivity index (χ4v) is 3.45. The molecule has 1 aliphatic heterocycles. The zero-order valence-electron chi connectivity index (χ0n) is 13.4. The van der Waals surface area contributed by atoms with Gasteiger partial charge in [-0.1, -0.05) is 34.1 Å². The third kappa shape index (κ3) is 4.35. The van der Waals surface area contributed by atoms with Gasteiger partial charge in [-0.2, -0.15) is 0 Å². The normalized spacial score (nSPS) is 16.8. The van der Waals surface area contributed by atoms with Crippen LogP contribution in [0.4, 0.5) is 4.39 Å². The van der Waals surface area contributed by atoms with Crippen molar-refractivity contribution in [3.8, 4) is 5.75 Å². The smallest absolute Gasteiger partial charge is 0.123 e. The van der Waals surface area contributed by atoms with E-state index >= 15 is 0 Å². The molecule has 2 aromatic rings. The van der Waals surface area contributed by atoms with Crippen molar-refractivity contribution in [1.82, 2.24) is 5.32 Å². The van der Waals surface area contributed by atoms with Crippen LogP contribution in [0.5, 0.6) is 5.75 Å². The fraction of sp³-hybridized carbons (Fsp3) is 0.368. The highest BCUT2D eigenvalue weighted by molar-refractivity contribution is 9.10. The minimum absolute atomic E-state index is 0.174. The number of halogens is 2. The minimum atomic E-state index is -0.209. The first-order valence-corrected chi connectivity index (χ1v) is 8.94. The van der Waals surface area contributed by atoms with Crippen LogP contribution in [-0.2, 0) is 10.3 Å². The molecule has 0 radical (unpaired) electrons. The van der Waals surface area contributed by atoms with Gasteiger partial charge >= 0.3 is 0 Å². The molecular formula is C19H21BrFNO2. The van der Waals surface area contributed by atoms with Gasteiger partial charge in [-0.05, 0) is 48.7 Å². The van der Waals surface area contributed by atoms with E-state index in [9.17, 15) is 4.39 Å². The van der Waals surface area contributed by atoms with Gasteiger partial charge < -0.3 is 14.8 Å². The summed E-state index contributed by atoms with van der Waals surface area (Å²) in [4.78, 5) is 0. The predicted octanol–water partition coefficient (Wildman–Crippen LogP) is 4.26. The summed E-state index contributed by atoms with van der Waals surface area (Å²) < 4.78 is 25.5. The highest BCUT2D eigenvalue weighted by atomic mass is 79.9. The summed E-state index contributed by atoms with van der Waals surface area (Å²) in [7, 11) is 0. The Hall–Kier alpha value is -1.43. The van der Waals surface area contributed by atoms with Crippen molar-refractivity contribution >= 4 is 15.9 Å². The molecule has 2 aromatic carbocycles. The highest BCUT2D eigenvalue weighted by Gasteiger charge is 2.33. The second-order valence-corrected chi connectivity index (χ2v) is 6.85. The van der Waals surface area contributed by atoms with Crippen LogP contribution < -0.4 is 10.1 Å². The molecule has 1 saturated heterocycles. The van der Waals surface area contributed by atoms with Crippen LogP contribution in [0.1, 0.15) is 18.4 Å². The largest absolute Gasteiger partial charge is 0.492 e. The minimum Gasteiger partial charge on any atom is -0.492 e. The van der Waals surface area contributed by atoms with E-state index in [2.05, 4.69) is 21.2 Å². The van der Waals surface area contributed by atoms with Crippen LogP contribution in [0.3, 0.4) is 0 Å². The van der Waals surface area contributed by atoms with Crippen LogP contribution in [0.15, 0.2) is 53.0 Å². The van der Waals surface area contributed by atoms with Crippen molar-refractivity contribution in [2.24, 2.45) is 0 Å². The topological polar surface area (TPSA) is 30.5 Å². The SMILES string of the molecule is Fc1ccc(C2(NCCOc3cccc(Br)c3)CCOCC2)cc1. The molecular weight excluding hydrogens is 373 g/mol. The molecule has 3 rings (SSSR count). The van der Waals surface area contributed by atoms with Gasteiger partial charge in [0.05, 0.1) is 0 Å². The van der Waals surface area contributed by atoms with Crippen LogP contribution in [0.2, 0.25) is 0 Å². The van der Waals surface area contributed by atoms with Crippen LogP contribution in [0.25, 0.3) is 0 Å². The Bertz CT molecular complexity index is 657. The van der Waals surface area contributed by atoms with Gasteiger partial charge in [0.25, 0.3) is 0 Å². The number of ether oxygens (including phenoxy) is 2. The van der Waals surface area contributed by atoms with Crippen molar-refractivity contribution in [2.75, 3.05) is 26.4 Å². The lowest BCUT2D eigenvalue weighted by atomic mass is 9.82. The molecule has 128 valence electrons. The van der Waals surface area contributed by atoms with Crippen molar-refractivity contribution < 1.29 is 13.9 Å². The molecule has 3 nitrogen and oxygen atoms in total. The number of hydrogen-bond acceptors (Lipinski definition) is 3. The quantitative estimate of drug-likeness (QED) is 0.743. The average Bonchev–Trinajstić information content (AvgIpc) is 2.60. The number of rotatable bonds is 6. The van der Waals surface area contributed by atoms with E-state index < -0.39 is 0 Å². The second kappa shape index (κ2) is 8.10. The van der Waals surface area contributed by atoms with Crippen LogP contribution in [-0.4, -0.2) is 26.4 Å². The summed E-state index contributed by atoms with van der Waals surface area (Å²) in [6.45, 7) is 2.69. The van der Waals surface area contributed by atoms with Crippen molar-refractivity contribution in [3.63, 3.8) is 0 Å². The van der Waals surface area contributed by atoms with E-state index in [-0.39, 0.29) is 11.4 Å². The maximum atomic E-state index is 13.2. The molecule has 0 saturated carbocycles. The lowest BCUT2D eigenvalue weighted by molar-refractivity contribution is 0.0352. The van der Waals surface area contributed by atoms with Gasteiger partial charge in [0, 0.05) is 29.8 Å². The lowest BCUT2D eigenvalue weighted by Crippen LogP contribution is -2.48. The molecule has 1 heterocycles. The third-order valence-electron chi connectivity index (χ3n) is 4.37. The summed E-state index contributed by atoms with van der Waals surface area (Å²) >= 11 is 3.44. The maximum Gasteiger partial charge on any atom is 0.123 e. The summed E-state index contributed by atoms with van der Waals surface area (Å²) in [5.41, 5.74) is 0.932. The Morgan fingerprint density at radius 1 is 1.12 bits per heavy atom. The standard InChI is InChI=1S/C19H21BrFNO2/c20-16-2-1-3-18(14-16)24-13-10-22-19(8-11-23-12-9-19)15-4-6-17(21)7-5-15/h1-7,14,22H,8-13H2. The molecule has 0 aromatic heterocycles. The second-order valence-electron chi connectivity index (χ2n) is 5.93. The summed E-state index contributed by atoms with van der Waals surface area (Å²) in [6, 6.07) is 14.6. The molecule has 0 unspecified atom stereocenters. The Balaban J connectivity index is 1.61. The Kier molecular flexibility index (Phi) is 5.87. The molecule has 0 aliphatic carbocycles.